The van der Waals surface area contributed by atoms with Gasteiger partial charge in [0.05, 0.1) is 0 Å². The summed E-state index contributed by atoms with van der Waals surface area (Å²) < 4.78 is 0. The van der Waals surface area contributed by atoms with Gasteiger partial charge in [0.15, 0.2) is 0 Å². The molecule has 1 fully saturated rings. The highest BCUT2D eigenvalue weighted by Gasteiger charge is 2.18. The Morgan fingerprint density at radius 2 is 2.50 bits per heavy atom. The minimum Gasteiger partial charge on any atom is -0.367 e. The van der Waals surface area contributed by atoms with Crippen LogP contribution < -0.4 is 4.90 Å². The van der Waals surface area contributed by atoms with Crippen molar-refractivity contribution in [2.75, 3.05) is 23.0 Å². The minimum atomic E-state index is 0.577. The maximum Gasteiger partial charge on any atom is 0.131 e. The van der Waals surface area contributed by atoms with Crippen LogP contribution in [0.1, 0.15) is 6.92 Å². The fourth-order valence-electron chi connectivity index (χ4n) is 1.68. The van der Waals surface area contributed by atoms with Crippen molar-refractivity contribution in [2.45, 2.75) is 13.0 Å². The van der Waals surface area contributed by atoms with Crippen molar-refractivity contribution in [1.29, 1.82) is 0 Å². The summed E-state index contributed by atoms with van der Waals surface area (Å²) >= 11 is 7.88. The summed E-state index contributed by atoms with van der Waals surface area (Å²) in [5.41, 5.74) is 1.19. The van der Waals surface area contributed by atoms with Crippen LogP contribution >= 0.6 is 23.4 Å². The molecular weight excluding hydrogens is 216 g/mol. The Balaban J connectivity index is 2.20. The number of aromatic nitrogens is 1. The normalized spacial score (nSPS) is 22.4. The van der Waals surface area contributed by atoms with Gasteiger partial charge in [-0.1, -0.05) is 11.6 Å². The Morgan fingerprint density at radius 3 is 3.21 bits per heavy atom. The second-order valence-electron chi connectivity index (χ2n) is 3.45. The molecule has 0 spiro atoms. The maximum absolute atomic E-state index is 5.87. The maximum atomic E-state index is 5.87. The van der Waals surface area contributed by atoms with Gasteiger partial charge in [0, 0.05) is 36.0 Å². The van der Waals surface area contributed by atoms with Crippen molar-refractivity contribution >= 4 is 29.1 Å². The molecule has 1 atom stereocenters. The Hall–Kier alpha value is -0.410. The highest BCUT2D eigenvalue weighted by molar-refractivity contribution is 7.99. The van der Waals surface area contributed by atoms with E-state index in [9.17, 15) is 0 Å². The molecule has 1 saturated heterocycles. The van der Waals surface area contributed by atoms with E-state index in [2.05, 4.69) is 16.8 Å². The van der Waals surface area contributed by atoms with Crippen molar-refractivity contribution in [3.63, 3.8) is 0 Å². The molecule has 4 heteroatoms. The first-order valence-electron chi connectivity index (χ1n) is 4.73. The molecule has 2 heterocycles. The van der Waals surface area contributed by atoms with Crippen molar-refractivity contribution in [3.05, 3.63) is 23.5 Å². The summed E-state index contributed by atoms with van der Waals surface area (Å²) in [6, 6.07) is 4.55. The van der Waals surface area contributed by atoms with Gasteiger partial charge in [-0.2, -0.15) is 11.8 Å². The molecule has 0 bridgehead atoms. The second-order valence-corrected chi connectivity index (χ2v) is 4.99. The lowest BCUT2D eigenvalue weighted by atomic mass is 10.2. The Labute approximate surface area is 93.7 Å². The lowest BCUT2D eigenvalue weighted by molar-refractivity contribution is 0.699. The molecule has 2 rings (SSSR count). The van der Waals surface area contributed by atoms with Crippen LogP contribution in [0.4, 0.5) is 5.69 Å². The molecule has 0 amide bonds. The molecule has 1 aromatic rings. The van der Waals surface area contributed by atoms with E-state index in [1.54, 1.807) is 6.20 Å². The van der Waals surface area contributed by atoms with Gasteiger partial charge >= 0.3 is 0 Å². The van der Waals surface area contributed by atoms with Crippen LogP contribution in [0.15, 0.2) is 18.3 Å². The lowest BCUT2D eigenvalue weighted by Gasteiger charge is -2.34. The molecule has 0 aliphatic carbocycles. The molecule has 14 heavy (non-hydrogen) atoms. The smallest absolute Gasteiger partial charge is 0.131 e. The van der Waals surface area contributed by atoms with E-state index >= 15 is 0 Å². The number of pyridine rings is 1. The van der Waals surface area contributed by atoms with Crippen molar-refractivity contribution in [1.82, 2.24) is 4.98 Å². The molecule has 0 N–H and O–H groups in total. The molecular formula is C10H13ClN2S. The summed E-state index contributed by atoms with van der Waals surface area (Å²) in [5.74, 6) is 2.39. The van der Waals surface area contributed by atoms with E-state index in [1.807, 2.05) is 23.9 Å². The van der Waals surface area contributed by atoms with Gasteiger partial charge in [-0.05, 0) is 19.1 Å². The van der Waals surface area contributed by atoms with Crippen LogP contribution in [0.25, 0.3) is 0 Å². The highest BCUT2D eigenvalue weighted by Crippen LogP contribution is 2.24. The fourth-order valence-corrected chi connectivity index (χ4v) is 2.86. The Kier molecular flexibility index (Phi) is 3.19. The van der Waals surface area contributed by atoms with Crippen LogP contribution in [-0.2, 0) is 0 Å². The lowest BCUT2D eigenvalue weighted by Crippen LogP contribution is -2.40. The Morgan fingerprint density at radius 1 is 1.64 bits per heavy atom. The standard InChI is InChI=1S/C10H13ClN2S/c1-8-7-14-5-4-13(8)9-2-3-12-10(11)6-9/h2-3,6,8H,4-5,7H2,1H3. The van der Waals surface area contributed by atoms with Gasteiger partial charge in [0.1, 0.15) is 5.15 Å². The average molecular weight is 229 g/mol. The topological polar surface area (TPSA) is 16.1 Å². The summed E-state index contributed by atoms with van der Waals surface area (Å²) in [5, 5.41) is 0.577. The first-order valence-corrected chi connectivity index (χ1v) is 6.26. The first-order chi connectivity index (χ1) is 6.77. The number of halogens is 1. The van der Waals surface area contributed by atoms with Crippen molar-refractivity contribution in [2.24, 2.45) is 0 Å². The highest BCUT2D eigenvalue weighted by atomic mass is 35.5. The summed E-state index contributed by atoms with van der Waals surface area (Å²) in [4.78, 5) is 6.39. The van der Waals surface area contributed by atoms with E-state index in [1.165, 1.54) is 17.2 Å². The minimum absolute atomic E-state index is 0.577. The zero-order valence-corrected chi connectivity index (χ0v) is 9.68. The van der Waals surface area contributed by atoms with E-state index in [-0.39, 0.29) is 0 Å². The third-order valence-electron chi connectivity index (χ3n) is 2.41. The monoisotopic (exact) mass is 228 g/mol. The van der Waals surface area contributed by atoms with Crippen molar-refractivity contribution < 1.29 is 0 Å². The molecule has 0 saturated carbocycles. The van der Waals surface area contributed by atoms with Gasteiger partial charge < -0.3 is 4.90 Å². The van der Waals surface area contributed by atoms with E-state index in [0.717, 1.165) is 6.54 Å². The third kappa shape index (κ3) is 2.15. The van der Waals surface area contributed by atoms with E-state index in [0.29, 0.717) is 11.2 Å². The summed E-state index contributed by atoms with van der Waals surface area (Å²) in [6.45, 7) is 3.35. The zero-order chi connectivity index (χ0) is 9.97. The van der Waals surface area contributed by atoms with Crippen LogP contribution in [0.2, 0.25) is 5.15 Å². The largest absolute Gasteiger partial charge is 0.367 e. The summed E-state index contributed by atoms with van der Waals surface area (Å²) in [6.07, 6.45) is 1.77. The Bertz CT molecular complexity index is 319. The van der Waals surface area contributed by atoms with E-state index < -0.39 is 0 Å². The number of rotatable bonds is 1. The average Bonchev–Trinajstić information content (AvgIpc) is 2.18. The molecule has 1 aliphatic heterocycles. The SMILES string of the molecule is CC1CSCCN1c1ccnc(Cl)c1. The van der Waals surface area contributed by atoms with Gasteiger partial charge in [0.25, 0.3) is 0 Å². The number of nitrogens with zero attached hydrogens (tertiary/aromatic N) is 2. The van der Waals surface area contributed by atoms with Crippen LogP contribution in [0, 0.1) is 0 Å². The van der Waals surface area contributed by atoms with Crippen LogP contribution in [0.3, 0.4) is 0 Å². The number of anilines is 1. The quantitative estimate of drug-likeness (QED) is 0.688. The third-order valence-corrected chi connectivity index (χ3v) is 3.81. The molecule has 1 aliphatic rings. The van der Waals surface area contributed by atoms with E-state index in [4.69, 9.17) is 11.6 Å². The van der Waals surface area contributed by atoms with Gasteiger partial charge in [-0.25, -0.2) is 4.98 Å². The molecule has 0 aromatic carbocycles. The molecule has 0 radical (unpaired) electrons. The second kappa shape index (κ2) is 4.41. The molecule has 1 aromatic heterocycles. The molecule has 2 nitrogen and oxygen atoms in total. The van der Waals surface area contributed by atoms with Gasteiger partial charge in [-0.15, -0.1) is 0 Å². The summed E-state index contributed by atoms with van der Waals surface area (Å²) in [7, 11) is 0. The van der Waals surface area contributed by atoms with Crippen LogP contribution in [-0.4, -0.2) is 29.1 Å². The molecule has 1 unspecified atom stereocenters. The van der Waals surface area contributed by atoms with Crippen LogP contribution in [0.5, 0.6) is 0 Å². The number of hydrogen-bond acceptors (Lipinski definition) is 3. The predicted molar refractivity (Wildman–Crippen MR) is 63.4 cm³/mol. The number of thioether (sulfide) groups is 1. The first kappa shape index (κ1) is 10.1. The van der Waals surface area contributed by atoms with Crippen molar-refractivity contribution in [3.8, 4) is 0 Å². The zero-order valence-electron chi connectivity index (χ0n) is 8.11. The van der Waals surface area contributed by atoms with Gasteiger partial charge in [-0.3, -0.25) is 0 Å². The number of hydrogen-bond donors (Lipinski definition) is 0. The fraction of sp³-hybridized carbons (Fsp3) is 0.500. The molecule has 76 valence electrons. The predicted octanol–water partition coefficient (Wildman–Crippen LogP) is 2.68. The van der Waals surface area contributed by atoms with Gasteiger partial charge in [0.2, 0.25) is 0 Å².